The molecular formula is C11H14ClF4NO3. The molecule has 0 saturated carbocycles. The van der Waals surface area contributed by atoms with Crippen LogP contribution in [0.3, 0.4) is 0 Å². The highest BCUT2D eigenvalue weighted by atomic mass is 35.5. The van der Waals surface area contributed by atoms with Crippen molar-refractivity contribution in [3.8, 4) is 0 Å². The van der Waals surface area contributed by atoms with Crippen molar-refractivity contribution in [2.45, 2.75) is 25.2 Å². The van der Waals surface area contributed by atoms with Gasteiger partial charge in [-0.3, -0.25) is 9.59 Å². The molecule has 0 radical (unpaired) electrons. The van der Waals surface area contributed by atoms with Gasteiger partial charge >= 0.3 is 12.3 Å². The van der Waals surface area contributed by atoms with Gasteiger partial charge in [-0.2, -0.15) is 8.78 Å². The van der Waals surface area contributed by atoms with Crippen LogP contribution in [0.4, 0.5) is 17.6 Å². The van der Waals surface area contributed by atoms with Gasteiger partial charge in [0.15, 0.2) is 5.78 Å². The Kier molecular flexibility index (Phi) is 5.76. The molecule has 0 aromatic carbocycles. The van der Waals surface area contributed by atoms with E-state index in [2.05, 4.69) is 0 Å². The highest BCUT2D eigenvalue weighted by Gasteiger charge is 2.50. The summed E-state index contributed by atoms with van der Waals surface area (Å²) in [5.41, 5.74) is -1.13. The maximum Gasteiger partial charge on any atom is 0.383 e. The Labute approximate surface area is 117 Å². The molecule has 0 atom stereocenters. The maximum absolute atomic E-state index is 12.8. The molecule has 1 aliphatic rings. The van der Waals surface area contributed by atoms with E-state index in [4.69, 9.17) is 16.3 Å². The average Bonchev–Trinajstić information content (AvgIpc) is 2.44. The number of amides is 1. The van der Waals surface area contributed by atoms with Gasteiger partial charge < -0.3 is 10.1 Å². The van der Waals surface area contributed by atoms with Gasteiger partial charge in [-0.15, -0.1) is 11.6 Å². The Balaban J connectivity index is 2.73. The van der Waals surface area contributed by atoms with E-state index < -0.39 is 36.0 Å². The fraction of sp³-hybridized carbons (Fsp3) is 0.818. The smallest absolute Gasteiger partial charge is 0.381 e. The molecule has 1 amide bonds. The van der Waals surface area contributed by atoms with Crippen LogP contribution in [0.5, 0.6) is 0 Å². The lowest BCUT2D eigenvalue weighted by Gasteiger charge is -2.35. The minimum atomic E-state index is -4.78. The van der Waals surface area contributed by atoms with Gasteiger partial charge in [0.2, 0.25) is 0 Å². The topological polar surface area (TPSA) is 55.4 Å². The first-order chi connectivity index (χ1) is 9.26. The second kappa shape index (κ2) is 6.71. The van der Waals surface area contributed by atoms with Gasteiger partial charge in [0.1, 0.15) is 0 Å². The van der Waals surface area contributed by atoms with Crippen molar-refractivity contribution in [3.63, 3.8) is 0 Å². The fourth-order valence-corrected chi connectivity index (χ4v) is 2.21. The number of halogens is 5. The van der Waals surface area contributed by atoms with E-state index in [1.54, 1.807) is 5.32 Å². The van der Waals surface area contributed by atoms with E-state index in [9.17, 15) is 27.2 Å². The zero-order valence-electron chi connectivity index (χ0n) is 10.4. The lowest BCUT2D eigenvalue weighted by molar-refractivity contribution is -0.170. The summed E-state index contributed by atoms with van der Waals surface area (Å²) >= 11 is 5.46. The van der Waals surface area contributed by atoms with E-state index in [0.29, 0.717) is 0 Å². The summed E-state index contributed by atoms with van der Waals surface area (Å²) in [7, 11) is 0. The first-order valence-electron chi connectivity index (χ1n) is 5.87. The molecule has 9 heteroatoms. The summed E-state index contributed by atoms with van der Waals surface area (Å²) in [6, 6.07) is 0. The minimum Gasteiger partial charge on any atom is -0.381 e. The number of rotatable bonds is 6. The number of nitrogens with one attached hydrogen (secondary N) is 1. The third-order valence-electron chi connectivity index (χ3n) is 3.33. The monoisotopic (exact) mass is 319 g/mol. The van der Waals surface area contributed by atoms with Crippen molar-refractivity contribution in [2.75, 3.05) is 25.6 Å². The third-order valence-corrected chi connectivity index (χ3v) is 3.57. The zero-order chi connectivity index (χ0) is 15.4. The third kappa shape index (κ3) is 3.60. The van der Waals surface area contributed by atoms with Crippen LogP contribution in [0.1, 0.15) is 12.8 Å². The van der Waals surface area contributed by atoms with Crippen LogP contribution in [0.2, 0.25) is 0 Å². The zero-order valence-corrected chi connectivity index (χ0v) is 11.2. The van der Waals surface area contributed by atoms with Crippen LogP contribution in [0.15, 0.2) is 0 Å². The lowest BCUT2D eigenvalue weighted by atomic mass is 9.76. The van der Waals surface area contributed by atoms with Crippen molar-refractivity contribution >= 4 is 23.3 Å². The number of hydrogen-bond acceptors (Lipinski definition) is 3. The van der Waals surface area contributed by atoms with Gasteiger partial charge in [0.25, 0.3) is 5.91 Å². The van der Waals surface area contributed by atoms with Gasteiger partial charge in [-0.05, 0) is 12.8 Å². The van der Waals surface area contributed by atoms with Crippen molar-refractivity contribution in [3.05, 3.63) is 0 Å². The van der Waals surface area contributed by atoms with Crippen LogP contribution in [0, 0.1) is 5.41 Å². The van der Waals surface area contributed by atoms with Crippen molar-refractivity contribution in [2.24, 2.45) is 5.41 Å². The number of Topliss-reactive ketones (excluding diaryl/α,β-unsaturated/α-hetero) is 1. The second-order valence-electron chi connectivity index (χ2n) is 4.56. The quantitative estimate of drug-likeness (QED) is 0.598. The molecule has 0 bridgehead atoms. The van der Waals surface area contributed by atoms with E-state index in [0.717, 1.165) is 0 Å². The molecule has 1 aliphatic heterocycles. The molecule has 4 nitrogen and oxygen atoms in total. The van der Waals surface area contributed by atoms with Gasteiger partial charge in [-0.25, -0.2) is 8.78 Å². The molecule has 1 fully saturated rings. The molecule has 1 N–H and O–H groups in total. The lowest BCUT2D eigenvalue weighted by Crippen LogP contribution is -2.52. The second-order valence-corrected chi connectivity index (χ2v) is 4.82. The first kappa shape index (κ1) is 17.2. The van der Waals surface area contributed by atoms with E-state index >= 15 is 0 Å². The van der Waals surface area contributed by atoms with E-state index in [-0.39, 0.29) is 31.9 Å². The van der Waals surface area contributed by atoms with Gasteiger partial charge in [0.05, 0.1) is 11.3 Å². The molecule has 0 aromatic heterocycles. The van der Waals surface area contributed by atoms with Crippen LogP contribution < -0.4 is 5.32 Å². The normalized spacial score (nSPS) is 18.9. The summed E-state index contributed by atoms with van der Waals surface area (Å²) in [5, 5.41) is 1.73. The van der Waals surface area contributed by atoms with Crippen molar-refractivity contribution in [1.29, 1.82) is 0 Å². The highest BCUT2D eigenvalue weighted by molar-refractivity contribution is 6.28. The Bertz CT molecular complexity index is 373. The Morgan fingerprint density at radius 2 is 1.85 bits per heavy atom. The molecule has 1 saturated heterocycles. The van der Waals surface area contributed by atoms with E-state index in [1.165, 1.54) is 0 Å². The Hall–Kier alpha value is -0.890. The van der Waals surface area contributed by atoms with Gasteiger partial charge in [-0.1, -0.05) is 0 Å². The molecule has 0 aromatic rings. The van der Waals surface area contributed by atoms with Crippen LogP contribution >= 0.6 is 11.6 Å². The summed E-state index contributed by atoms with van der Waals surface area (Å²) in [5.74, 6) is -7.65. The fourth-order valence-electron chi connectivity index (χ4n) is 1.92. The summed E-state index contributed by atoms with van der Waals surface area (Å²) in [4.78, 5) is 22.9. The number of alkyl halides is 5. The first-order valence-corrected chi connectivity index (χ1v) is 6.41. The number of ketones is 1. The van der Waals surface area contributed by atoms with E-state index in [1.807, 2.05) is 0 Å². The predicted molar refractivity (Wildman–Crippen MR) is 62.2 cm³/mol. The number of carbonyl (C=O) groups excluding carboxylic acids is 2. The molecule has 20 heavy (non-hydrogen) atoms. The van der Waals surface area contributed by atoms with Crippen LogP contribution in [-0.4, -0.2) is 49.7 Å². The highest BCUT2D eigenvalue weighted by Crippen LogP contribution is 2.32. The summed E-state index contributed by atoms with van der Waals surface area (Å²) in [6.45, 7) is -0.0312. The SMILES string of the molecule is O=C(CCl)C1(CNC(=O)C(F)(F)C(F)F)CCOCC1. The van der Waals surface area contributed by atoms with Gasteiger partial charge in [0, 0.05) is 19.8 Å². The molecule has 1 rings (SSSR count). The number of ether oxygens (including phenoxy) is 1. The van der Waals surface area contributed by atoms with Crippen LogP contribution in [-0.2, 0) is 14.3 Å². The molecule has 0 unspecified atom stereocenters. The minimum absolute atomic E-state index is 0.194. The predicted octanol–water partition coefficient (Wildman–Crippen LogP) is 1.61. The Morgan fingerprint density at radius 1 is 1.30 bits per heavy atom. The van der Waals surface area contributed by atoms with Crippen molar-refractivity contribution < 1.29 is 31.9 Å². The van der Waals surface area contributed by atoms with Crippen molar-refractivity contribution in [1.82, 2.24) is 5.32 Å². The molecular weight excluding hydrogens is 306 g/mol. The molecule has 116 valence electrons. The number of carbonyl (C=O) groups is 2. The van der Waals surface area contributed by atoms with Crippen LogP contribution in [0.25, 0.3) is 0 Å². The largest absolute Gasteiger partial charge is 0.383 e. The maximum atomic E-state index is 12.8. The standard InChI is InChI=1S/C11H14ClF4NO3/c12-5-7(18)10(1-3-20-4-2-10)6-17-9(19)11(15,16)8(13)14/h8H,1-6H2,(H,17,19). The number of hydrogen-bond donors (Lipinski definition) is 1. The molecule has 0 aliphatic carbocycles. The molecule has 0 spiro atoms. The summed E-state index contributed by atoms with van der Waals surface area (Å²) in [6.07, 6.45) is -3.71. The summed E-state index contributed by atoms with van der Waals surface area (Å²) < 4.78 is 54.7. The molecule has 1 heterocycles. The average molecular weight is 320 g/mol. The Morgan fingerprint density at radius 3 is 2.30 bits per heavy atom.